The van der Waals surface area contributed by atoms with Crippen molar-refractivity contribution in [1.29, 1.82) is 0 Å². The van der Waals surface area contributed by atoms with Gasteiger partial charge in [0.1, 0.15) is 23.4 Å². The molecule has 0 radical (unpaired) electrons. The largest absolute Gasteiger partial charge is 0.444 e. The number of aromatic nitrogens is 3. The molecule has 7 heteroatoms. The number of carbonyl (C=O) groups is 1. The molecule has 0 saturated carbocycles. The van der Waals surface area contributed by atoms with E-state index >= 15 is 0 Å². The topological polar surface area (TPSA) is 74.3 Å². The fraction of sp³-hybridized carbons (Fsp3) is 0.611. The van der Waals surface area contributed by atoms with E-state index in [2.05, 4.69) is 26.8 Å². The third-order valence-electron chi connectivity index (χ3n) is 5.44. The Bertz CT molecular complexity index is 811. The van der Waals surface area contributed by atoms with Crippen molar-refractivity contribution < 1.29 is 9.53 Å². The van der Waals surface area contributed by atoms with E-state index < -0.39 is 5.60 Å². The predicted octanol–water partition coefficient (Wildman–Crippen LogP) is 2.79. The van der Waals surface area contributed by atoms with Gasteiger partial charge in [-0.25, -0.2) is 14.8 Å². The first-order chi connectivity index (χ1) is 11.8. The molecular weight excluding hydrogens is 318 g/mol. The van der Waals surface area contributed by atoms with Crippen molar-refractivity contribution in [3.05, 3.63) is 18.6 Å². The number of aromatic amines is 1. The first-order valence-electron chi connectivity index (χ1n) is 8.84. The van der Waals surface area contributed by atoms with E-state index in [1.807, 2.05) is 37.9 Å². The maximum atomic E-state index is 12.6. The van der Waals surface area contributed by atoms with Gasteiger partial charge in [0.15, 0.2) is 0 Å². The van der Waals surface area contributed by atoms with E-state index in [4.69, 9.17) is 4.74 Å². The molecule has 0 bridgehead atoms. The highest BCUT2D eigenvalue weighted by atomic mass is 16.6. The summed E-state index contributed by atoms with van der Waals surface area (Å²) in [5, 5.41) is 1.02. The van der Waals surface area contributed by atoms with E-state index in [1.165, 1.54) is 0 Å². The summed E-state index contributed by atoms with van der Waals surface area (Å²) < 4.78 is 5.61. The number of hydrogen-bond donors (Lipinski definition) is 1. The summed E-state index contributed by atoms with van der Waals surface area (Å²) in [5.74, 6) is 1.39. The van der Waals surface area contributed by atoms with Gasteiger partial charge in [0, 0.05) is 25.8 Å². The Hall–Kier alpha value is -2.31. The molecule has 2 fully saturated rings. The van der Waals surface area contributed by atoms with E-state index in [0.717, 1.165) is 42.9 Å². The van der Waals surface area contributed by atoms with Crippen LogP contribution in [-0.2, 0) is 4.74 Å². The number of hydrogen-bond acceptors (Lipinski definition) is 5. The second-order valence-electron chi connectivity index (χ2n) is 8.20. The number of H-pyrrole nitrogens is 1. The molecule has 25 heavy (non-hydrogen) atoms. The number of amides is 1. The third kappa shape index (κ3) is 2.53. The van der Waals surface area contributed by atoms with Crippen LogP contribution in [-0.4, -0.2) is 56.7 Å². The third-order valence-corrected chi connectivity index (χ3v) is 5.44. The molecule has 4 heterocycles. The Labute approximate surface area is 147 Å². The molecule has 134 valence electrons. The van der Waals surface area contributed by atoms with Crippen LogP contribution in [0.5, 0.6) is 0 Å². The first kappa shape index (κ1) is 16.2. The molecule has 4 rings (SSSR count). The van der Waals surface area contributed by atoms with Crippen LogP contribution in [0.15, 0.2) is 18.6 Å². The number of ether oxygens (including phenoxy) is 1. The summed E-state index contributed by atoms with van der Waals surface area (Å²) in [5.41, 5.74) is 0.214. The Kier molecular flexibility index (Phi) is 3.46. The SMILES string of the molecule is CC1CN(C(=O)OC(C)(C)C)C12CCN(c1ncnc3[nH]ccc13)C2. The van der Waals surface area contributed by atoms with E-state index in [1.54, 1.807) is 6.33 Å². The fourth-order valence-corrected chi connectivity index (χ4v) is 4.08. The Morgan fingerprint density at radius 1 is 1.40 bits per heavy atom. The number of likely N-dealkylation sites (tertiary alicyclic amines) is 1. The highest BCUT2D eigenvalue weighted by Crippen LogP contribution is 2.45. The summed E-state index contributed by atoms with van der Waals surface area (Å²) in [7, 11) is 0. The number of nitrogens with zero attached hydrogens (tertiary/aromatic N) is 4. The predicted molar refractivity (Wildman–Crippen MR) is 95.6 cm³/mol. The second kappa shape index (κ2) is 5.34. The lowest BCUT2D eigenvalue weighted by Crippen LogP contribution is -2.69. The van der Waals surface area contributed by atoms with Crippen LogP contribution in [0.4, 0.5) is 10.6 Å². The molecule has 2 unspecified atom stereocenters. The number of nitrogens with one attached hydrogen (secondary N) is 1. The molecular formula is C18H25N5O2. The van der Waals surface area contributed by atoms with E-state index in [0.29, 0.717) is 5.92 Å². The lowest BCUT2D eigenvalue weighted by Gasteiger charge is -2.55. The van der Waals surface area contributed by atoms with Crippen molar-refractivity contribution in [2.75, 3.05) is 24.5 Å². The van der Waals surface area contributed by atoms with Gasteiger partial charge in [-0.2, -0.15) is 0 Å². The highest BCUT2D eigenvalue weighted by Gasteiger charge is 2.57. The summed E-state index contributed by atoms with van der Waals surface area (Å²) in [6.07, 6.45) is 4.20. The van der Waals surface area contributed by atoms with Crippen LogP contribution in [0.3, 0.4) is 0 Å². The van der Waals surface area contributed by atoms with Crippen LogP contribution in [0.25, 0.3) is 11.0 Å². The summed E-state index contributed by atoms with van der Waals surface area (Å²) >= 11 is 0. The molecule has 1 N–H and O–H groups in total. The van der Waals surface area contributed by atoms with Crippen molar-refractivity contribution in [2.24, 2.45) is 5.92 Å². The molecule has 1 spiro atoms. The minimum Gasteiger partial charge on any atom is -0.444 e. The van der Waals surface area contributed by atoms with Crippen molar-refractivity contribution in [2.45, 2.75) is 45.3 Å². The van der Waals surface area contributed by atoms with Gasteiger partial charge < -0.3 is 14.6 Å². The normalized spacial score (nSPS) is 26.3. The zero-order chi connectivity index (χ0) is 17.8. The summed E-state index contributed by atoms with van der Waals surface area (Å²) in [6.45, 7) is 10.4. The van der Waals surface area contributed by atoms with Crippen LogP contribution >= 0.6 is 0 Å². The maximum Gasteiger partial charge on any atom is 0.410 e. The zero-order valence-corrected chi connectivity index (χ0v) is 15.2. The van der Waals surface area contributed by atoms with E-state index in [9.17, 15) is 4.79 Å². The molecule has 2 aromatic heterocycles. The van der Waals surface area contributed by atoms with Gasteiger partial charge in [-0.05, 0) is 39.2 Å². The molecule has 2 aliphatic rings. The standard InChI is InChI=1S/C18H25N5O2/c1-12-9-23(16(24)25-17(2,3)4)18(12)6-8-22(10-18)15-13-5-7-19-14(13)20-11-21-15/h5,7,11-12H,6,8-10H2,1-4H3,(H,19,20,21). The van der Waals surface area contributed by atoms with Crippen LogP contribution in [0.1, 0.15) is 34.1 Å². The number of carbonyl (C=O) groups excluding carboxylic acids is 1. The van der Waals surface area contributed by atoms with Gasteiger partial charge in [0.2, 0.25) is 0 Å². The molecule has 0 aliphatic carbocycles. The van der Waals surface area contributed by atoms with Gasteiger partial charge in [0.25, 0.3) is 0 Å². The van der Waals surface area contributed by atoms with E-state index in [-0.39, 0.29) is 11.6 Å². The van der Waals surface area contributed by atoms with Gasteiger partial charge in [-0.1, -0.05) is 6.92 Å². The molecule has 2 atom stereocenters. The quantitative estimate of drug-likeness (QED) is 0.862. The Balaban J connectivity index is 1.58. The average molecular weight is 343 g/mol. The fourth-order valence-electron chi connectivity index (χ4n) is 4.08. The lowest BCUT2D eigenvalue weighted by atomic mass is 9.74. The Morgan fingerprint density at radius 2 is 2.20 bits per heavy atom. The number of fused-ring (bicyclic) bond motifs is 1. The first-order valence-corrected chi connectivity index (χ1v) is 8.84. The molecule has 2 aliphatic heterocycles. The van der Waals surface area contributed by atoms with Crippen molar-refractivity contribution in [3.63, 3.8) is 0 Å². The van der Waals surface area contributed by atoms with Crippen LogP contribution in [0, 0.1) is 5.92 Å². The Morgan fingerprint density at radius 3 is 2.92 bits per heavy atom. The molecule has 7 nitrogen and oxygen atoms in total. The number of anilines is 1. The number of rotatable bonds is 1. The van der Waals surface area contributed by atoms with Crippen LogP contribution < -0.4 is 4.90 Å². The maximum absolute atomic E-state index is 12.6. The van der Waals surface area contributed by atoms with Gasteiger partial charge in [-0.3, -0.25) is 4.90 Å². The zero-order valence-electron chi connectivity index (χ0n) is 15.2. The second-order valence-corrected chi connectivity index (χ2v) is 8.20. The minimum atomic E-state index is -0.473. The van der Waals surface area contributed by atoms with Gasteiger partial charge in [-0.15, -0.1) is 0 Å². The molecule has 2 aromatic rings. The van der Waals surface area contributed by atoms with Crippen molar-refractivity contribution >= 4 is 22.9 Å². The van der Waals surface area contributed by atoms with Gasteiger partial charge >= 0.3 is 6.09 Å². The van der Waals surface area contributed by atoms with Crippen LogP contribution in [0.2, 0.25) is 0 Å². The lowest BCUT2D eigenvalue weighted by molar-refractivity contribution is -0.0698. The van der Waals surface area contributed by atoms with Crippen molar-refractivity contribution in [1.82, 2.24) is 19.9 Å². The van der Waals surface area contributed by atoms with Gasteiger partial charge in [0.05, 0.1) is 10.9 Å². The molecule has 0 aromatic carbocycles. The summed E-state index contributed by atoms with van der Waals surface area (Å²) in [4.78, 5) is 28.7. The smallest absolute Gasteiger partial charge is 0.410 e. The average Bonchev–Trinajstić information content (AvgIpc) is 3.18. The highest BCUT2D eigenvalue weighted by molar-refractivity contribution is 5.87. The molecule has 1 amide bonds. The molecule has 2 saturated heterocycles. The minimum absolute atomic E-state index is 0.157. The summed E-state index contributed by atoms with van der Waals surface area (Å²) in [6, 6.07) is 2.01. The monoisotopic (exact) mass is 343 g/mol. The van der Waals surface area contributed by atoms with Crippen molar-refractivity contribution in [3.8, 4) is 0 Å².